The fourth-order valence-electron chi connectivity index (χ4n) is 3.20. The lowest BCUT2D eigenvalue weighted by atomic mass is 10.0. The van der Waals surface area contributed by atoms with E-state index in [-0.39, 0.29) is 5.57 Å². The molecule has 2 atom stereocenters. The van der Waals surface area contributed by atoms with Crippen molar-refractivity contribution in [3.8, 4) is 0 Å². The highest BCUT2D eigenvalue weighted by molar-refractivity contribution is 5.95. The van der Waals surface area contributed by atoms with Crippen LogP contribution in [0.2, 0.25) is 0 Å². The third-order valence-electron chi connectivity index (χ3n) is 4.95. The van der Waals surface area contributed by atoms with E-state index in [1.165, 1.54) is 71.1 Å². The first-order chi connectivity index (χ1) is 12.5. The maximum absolute atomic E-state index is 11.4. The van der Waals surface area contributed by atoms with Gasteiger partial charge in [-0.15, -0.1) is 0 Å². The van der Waals surface area contributed by atoms with Crippen molar-refractivity contribution in [2.75, 3.05) is 0 Å². The van der Waals surface area contributed by atoms with Gasteiger partial charge >= 0.3 is 11.9 Å². The van der Waals surface area contributed by atoms with Crippen LogP contribution in [0.3, 0.4) is 0 Å². The fraction of sp³-hybridized carbons (Fsp3) is 0.818. The van der Waals surface area contributed by atoms with Crippen LogP contribution in [0, 0.1) is 0 Å². The molecule has 0 aromatic rings. The minimum atomic E-state index is -0.616. The molecule has 0 N–H and O–H groups in total. The molecule has 1 aliphatic heterocycles. The Morgan fingerprint density at radius 1 is 0.846 bits per heavy atom. The molecule has 0 spiro atoms. The Morgan fingerprint density at radius 2 is 1.35 bits per heavy atom. The van der Waals surface area contributed by atoms with E-state index >= 15 is 0 Å². The number of unbranched alkanes of at least 4 members (excludes halogenated alkanes) is 9. The molecule has 1 rings (SSSR count). The molecule has 0 bridgehead atoms. The second-order valence-electron chi connectivity index (χ2n) is 7.62. The van der Waals surface area contributed by atoms with Crippen LogP contribution in [0.5, 0.6) is 0 Å². The van der Waals surface area contributed by atoms with Crippen LogP contribution in [0.4, 0.5) is 0 Å². The SMILES string of the molecule is C=C(C)C(=O)OC(=O)CCCCCCCC1OC1CCCCCCCC. The van der Waals surface area contributed by atoms with Crippen LogP contribution in [-0.4, -0.2) is 24.1 Å². The second-order valence-corrected chi connectivity index (χ2v) is 7.62. The van der Waals surface area contributed by atoms with Gasteiger partial charge in [0.25, 0.3) is 0 Å². The monoisotopic (exact) mass is 366 g/mol. The van der Waals surface area contributed by atoms with Crippen molar-refractivity contribution in [2.45, 2.75) is 116 Å². The summed E-state index contributed by atoms with van der Waals surface area (Å²) in [5.74, 6) is -1.06. The van der Waals surface area contributed by atoms with Crippen molar-refractivity contribution in [3.05, 3.63) is 12.2 Å². The lowest BCUT2D eigenvalue weighted by molar-refractivity contribution is -0.156. The van der Waals surface area contributed by atoms with Crippen molar-refractivity contribution in [3.63, 3.8) is 0 Å². The van der Waals surface area contributed by atoms with Crippen LogP contribution >= 0.6 is 0 Å². The van der Waals surface area contributed by atoms with Gasteiger partial charge in [-0.05, 0) is 26.2 Å². The van der Waals surface area contributed by atoms with Crippen LogP contribution < -0.4 is 0 Å². The van der Waals surface area contributed by atoms with Gasteiger partial charge in [-0.25, -0.2) is 4.79 Å². The zero-order valence-electron chi connectivity index (χ0n) is 16.9. The predicted molar refractivity (Wildman–Crippen MR) is 105 cm³/mol. The summed E-state index contributed by atoms with van der Waals surface area (Å²) in [5, 5.41) is 0. The molecule has 1 saturated heterocycles. The second kappa shape index (κ2) is 14.0. The van der Waals surface area contributed by atoms with E-state index in [1.807, 2.05) is 0 Å². The molecular formula is C22H38O4. The van der Waals surface area contributed by atoms with Crippen molar-refractivity contribution < 1.29 is 19.1 Å². The van der Waals surface area contributed by atoms with Crippen LogP contribution in [-0.2, 0) is 19.1 Å². The molecule has 0 radical (unpaired) electrons. The molecular weight excluding hydrogens is 328 g/mol. The van der Waals surface area contributed by atoms with Gasteiger partial charge in [0.2, 0.25) is 0 Å². The highest BCUT2D eigenvalue weighted by Crippen LogP contribution is 2.31. The summed E-state index contributed by atoms with van der Waals surface area (Å²) in [7, 11) is 0. The zero-order chi connectivity index (χ0) is 19.2. The molecule has 4 heteroatoms. The third-order valence-corrected chi connectivity index (χ3v) is 4.95. The van der Waals surface area contributed by atoms with E-state index in [0.717, 1.165) is 19.3 Å². The fourth-order valence-corrected chi connectivity index (χ4v) is 3.20. The van der Waals surface area contributed by atoms with Gasteiger partial charge < -0.3 is 9.47 Å². The van der Waals surface area contributed by atoms with E-state index in [0.29, 0.717) is 18.6 Å². The highest BCUT2D eigenvalue weighted by Gasteiger charge is 2.36. The van der Waals surface area contributed by atoms with Crippen molar-refractivity contribution in [1.82, 2.24) is 0 Å². The molecule has 1 aliphatic rings. The summed E-state index contributed by atoms with van der Waals surface area (Å²) in [6, 6.07) is 0. The lowest BCUT2D eigenvalue weighted by Crippen LogP contribution is -2.12. The number of carbonyl (C=O) groups is 2. The van der Waals surface area contributed by atoms with Gasteiger partial charge in [0.1, 0.15) is 0 Å². The maximum atomic E-state index is 11.4. The molecule has 1 heterocycles. The van der Waals surface area contributed by atoms with Crippen LogP contribution in [0.25, 0.3) is 0 Å². The first-order valence-electron chi connectivity index (χ1n) is 10.6. The molecule has 150 valence electrons. The Labute approximate surface area is 159 Å². The third kappa shape index (κ3) is 11.5. The lowest BCUT2D eigenvalue weighted by Gasteiger charge is -2.03. The topological polar surface area (TPSA) is 55.9 Å². The Hall–Kier alpha value is -1.16. The smallest absolute Gasteiger partial charge is 0.340 e. The average molecular weight is 367 g/mol. The Balaban J connectivity index is 1.84. The zero-order valence-corrected chi connectivity index (χ0v) is 16.9. The van der Waals surface area contributed by atoms with Gasteiger partial charge in [-0.3, -0.25) is 4.79 Å². The van der Waals surface area contributed by atoms with Crippen molar-refractivity contribution in [2.24, 2.45) is 0 Å². The average Bonchev–Trinajstić information content (AvgIpc) is 3.35. The quantitative estimate of drug-likeness (QED) is 0.112. The van der Waals surface area contributed by atoms with Crippen molar-refractivity contribution >= 4 is 11.9 Å². The Bertz CT molecular complexity index is 430. The van der Waals surface area contributed by atoms with Crippen LogP contribution in [0.15, 0.2) is 12.2 Å². The summed E-state index contributed by atoms with van der Waals surface area (Å²) in [4.78, 5) is 22.6. The Morgan fingerprint density at radius 3 is 1.88 bits per heavy atom. The number of esters is 2. The molecule has 0 aromatic heterocycles. The number of hydrogen-bond acceptors (Lipinski definition) is 4. The molecule has 2 unspecified atom stereocenters. The number of carbonyl (C=O) groups excluding carboxylic acids is 2. The van der Waals surface area contributed by atoms with E-state index in [9.17, 15) is 9.59 Å². The van der Waals surface area contributed by atoms with Gasteiger partial charge in [0, 0.05) is 12.0 Å². The molecule has 0 saturated carbocycles. The van der Waals surface area contributed by atoms with E-state index in [1.54, 1.807) is 0 Å². The number of ether oxygens (including phenoxy) is 2. The first kappa shape index (κ1) is 22.9. The summed E-state index contributed by atoms with van der Waals surface area (Å²) in [6.45, 7) is 7.25. The number of hydrogen-bond donors (Lipinski definition) is 0. The maximum Gasteiger partial charge on any atom is 0.340 e. The molecule has 0 aromatic carbocycles. The molecule has 4 nitrogen and oxygen atoms in total. The molecule has 0 amide bonds. The minimum Gasteiger partial charge on any atom is -0.390 e. The highest BCUT2D eigenvalue weighted by atomic mass is 16.6. The van der Waals surface area contributed by atoms with Gasteiger partial charge in [-0.1, -0.05) is 77.7 Å². The summed E-state index contributed by atoms with van der Waals surface area (Å²) in [6.07, 6.45) is 17.2. The summed E-state index contributed by atoms with van der Waals surface area (Å²) >= 11 is 0. The van der Waals surface area contributed by atoms with Crippen molar-refractivity contribution in [1.29, 1.82) is 0 Å². The van der Waals surface area contributed by atoms with E-state index < -0.39 is 11.9 Å². The standard InChI is InChI=1S/C22H38O4/c1-4-5-6-7-9-12-15-19-20(25-19)16-13-10-8-11-14-17-21(23)26-22(24)18(2)3/h19-20H,2,4-17H2,1,3H3. The predicted octanol–water partition coefficient (Wildman–Crippen LogP) is 5.88. The molecule has 26 heavy (non-hydrogen) atoms. The van der Waals surface area contributed by atoms with Crippen LogP contribution in [0.1, 0.15) is 104 Å². The minimum absolute atomic E-state index is 0.260. The largest absolute Gasteiger partial charge is 0.390 e. The molecule has 0 aliphatic carbocycles. The molecule has 1 fully saturated rings. The normalized spacial score (nSPS) is 18.5. The van der Waals surface area contributed by atoms with Gasteiger partial charge in [0.15, 0.2) is 0 Å². The first-order valence-corrected chi connectivity index (χ1v) is 10.6. The number of rotatable bonds is 16. The summed E-state index contributed by atoms with van der Waals surface area (Å²) in [5.41, 5.74) is 0.260. The van der Waals surface area contributed by atoms with E-state index in [2.05, 4.69) is 18.2 Å². The van der Waals surface area contributed by atoms with E-state index in [4.69, 9.17) is 4.74 Å². The number of epoxide rings is 1. The Kier molecular flexibility index (Phi) is 12.3. The van der Waals surface area contributed by atoms with Gasteiger partial charge in [0.05, 0.1) is 12.2 Å². The summed E-state index contributed by atoms with van der Waals surface area (Å²) < 4.78 is 10.4. The van der Waals surface area contributed by atoms with Gasteiger partial charge in [-0.2, -0.15) is 0 Å².